The molecule has 0 bridgehead atoms. The zero-order valence-corrected chi connectivity index (χ0v) is 14.5. The van der Waals surface area contributed by atoms with Gasteiger partial charge in [-0.3, -0.25) is 0 Å². The molecule has 0 radical (unpaired) electrons. The van der Waals surface area contributed by atoms with Gasteiger partial charge in [-0.1, -0.05) is 37.1 Å². The number of rotatable bonds is 5. The van der Waals surface area contributed by atoms with Gasteiger partial charge in [-0.2, -0.15) is 0 Å². The topological polar surface area (TPSA) is 39.4 Å². The normalized spacial score (nSPS) is 11.0. The Morgan fingerprint density at radius 1 is 1.17 bits per heavy atom. The van der Waals surface area contributed by atoms with Crippen LogP contribution in [0.1, 0.15) is 30.0 Å². The lowest BCUT2D eigenvalue weighted by Crippen LogP contribution is -2.03. The molecule has 2 aromatic carbocycles. The van der Waals surface area contributed by atoms with Gasteiger partial charge in [0.1, 0.15) is 17.9 Å². The Morgan fingerprint density at radius 2 is 2.00 bits per heavy atom. The first kappa shape index (κ1) is 16.6. The SMILES string of the molecule is CCCc1cc(=O)oc2c(C)c(OCc3cccc(Cl)c3)ccc12. The second-order valence-corrected chi connectivity index (χ2v) is 6.26. The summed E-state index contributed by atoms with van der Waals surface area (Å²) in [4.78, 5) is 11.8. The molecule has 0 aliphatic rings. The molecule has 0 saturated heterocycles. The maximum Gasteiger partial charge on any atom is 0.336 e. The first-order chi connectivity index (χ1) is 11.6. The molecule has 3 rings (SSSR count). The lowest BCUT2D eigenvalue weighted by atomic mass is 10.0. The molecule has 0 fully saturated rings. The highest BCUT2D eigenvalue weighted by Gasteiger charge is 2.11. The summed E-state index contributed by atoms with van der Waals surface area (Å²) in [5.41, 5.74) is 3.14. The molecule has 0 atom stereocenters. The van der Waals surface area contributed by atoms with Crippen LogP contribution in [0.3, 0.4) is 0 Å². The van der Waals surface area contributed by atoms with Crippen molar-refractivity contribution in [2.24, 2.45) is 0 Å². The van der Waals surface area contributed by atoms with Crippen LogP contribution >= 0.6 is 11.6 Å². The van der Waals surface area contributed by atoms with Crippen molar-refractivity contribution in [2.45, 2.75) is 33.3 Å². The molecule has 0 spiro atoms. The van der Waals surface area contributed by atoms with Crippen LogP contribution < -0.4 is 10.4 Å². The fourth-order valence-corrected chi connectivity index (χ4v) is 3.04. The minimum absolute atomic E-state index is 0.318. The van der Waals surface area contributed by atoms with Crippen LogP contribution in [0.4, 0.5) is 0 Å². The standard InChI is InChI=1S/C20H19ClO3/c1-3-5-15-11-19(22)24-20-13(2)18(9-8-17(15)20)23-12-14-6-4-7-16(21)10-14/h4,6-11H,3,5,12H2,1-2H3. The minimum Gasteiger partial charge on any atom is -0.488 e. The molecule has 1 heterocycles. The van der Waals surface area contributed by atoms with E-state index in [9.17, 15) is 4.79 Å². The second kappa shape index (κ2) is 7.10. The molecule has 0 amide bonds. The van der Waals surface area contributed by atoms with E-state index in [0.717, 1.165) is 34.9 Å². The number of hydrogen-bond acceptors (Lipinski definition) is 3. The van der Waals surface area contributed by atoms with E-state index in [2.05, 4.69) is 6.92 Å². The summed E-state index contributed by atoms with van der Waals surface area (Å²) >= 11 is 6.00. The van der Waals surface area contributed by atoms with Crippen molar-refractivity contribution in [3.05, 3.63) is 74.6 Å². The Morgan fingerprint density at radius 3 is 2.75 bits per heavy atom. The molecule has 0 aliphatic heterocycles. The quantitative estimate of drug-likeness (QED) is 0.592. The molecule has 4 heteroatoms. The fourth-order valence-electron chi connectivity index (χ4n) is 2.83. The van der Waals surface area contributed by atoms with Crippen molar-refractivity contribution in [1.29, 1.82) is 0 Å². The van der Waals surface area contributed by atoms with Crippen LogP contribution in [0.15, 0.2) is 51.7 Å². The van der Waals surface area contributed by atoms with Crippen molar-refractivity contribution in [1.82, 2.24) is 0 Å². The summed E-state index contributed by atoms with van der Waals surface area (Å²) in [5, 5.41) is 1.66. The summed E-state index contributed by atoms with van der Waals surface area (Å²) in [6.45, 7) is 4.41. The highest BCUT2D eigenvalue weighted by Crippen LogP contribution is 2.29. The van der Waals surface area contributed by atoms with Gasteiger partial charge in [-0.05, 0) is 48.7 Å². The Labute approximate surface area is 145 Å². The van der Waals surface area contributed by atoms with Gasteiger partial charge in [-0.15, -0.1) is 0 Å². The summed E-state index contributed by atoms with van der Waals surface area (Å²) in [6.07, 6.45) is 1.83. The van der Waals surface area contributed by atoms with E-state index in [1.807, 2.05) is 43.3 Å². The average Bonchev–Trinajstić information content (AvgIpc) is 2.55. The fraction of sp³-hybridized carbons (Fsp3) is 0.250. The minimum atomic E-state index is -0.318. The maximum absolute atomic E-state index is 11.8. The van der Waals surface area contributed by atoms with Crippen molar-refractivity contribution >= 4 is 22.6 Å². The monoisotopic (exact) mass is 342 g/mol. The molecule has 0 unspecified atom stereocenters. The molecule has 24 heavy (non-hydrogen) atoms. The predicted octanol–water partition coefficient (Wildman–Crippen LogP) is 5.29. The molecule has 3 aromatic rings. The summed E-state index contributed by atoms with van der Waals surface area (Å²) in [6, 6.07) is 13.0. The molecular formula is C20H19ClO3. The van der Waals surface area contributed by atoms with Crippen molar-refractivity contribution in [2.75, 3.05) is 0 Å². The van der Waals surface area contributed by atoms with Gasteiger partial charge in [0.25, 0.3) is 0 Å². The van der Waals surface area contributed by atoms with Crippen molar-refractivity contribution < 1.29 is 9.15 Å². The lowest BCUT2D eigenvalue weighted by molar-refractivity contribution is 0.304. The highest BCUT2D eigenvalue weighted by molar-refractivity contribution is 6.30. The van der Waals surface area contributed by atoms with E-state index in [1.165, 1.54) is 0 Å². The third-order valence-corrected chi connectivity index (χ3v) is 4.23. The number of halogens is 1. The van der Waals surface area contributed by atoms with Crippen LogP contribution in [0.25, 0.3) is 11.0 Å². The predicted molar refractivity (Wildman–Crippen MR) is 97.0 cm³/mol. The number of ether oxygens (including phenoxy) is 1. The Hall–Kier alpha value is -2.26. The third-order valence-electron chi connectivity index (χ3n) is 4.00. The lowest BCUT2D eigenvalue weighted by Gasteiger charge is -2.12. The zero-order chi connectivity index (χ0) is 17.1. The molecule has 0 aliphatic carbocycles. The van der Waals surface area contributed by atoms with Gasteiger partial charge in [-0.25, -0.2) is 4.79 Å². The number of benzene rings is 2. The number of fused-ring (bicyclic) bond motifs is 1. The van der Waals surface area contributed by atoms with Gasteiger partial charge in [0.2, 0.25) is 0 Å². The molecule has 0 saturated carbocycles. The van der Waals surface area contributed by atoms with Crippen LogP contribution in [0, 0.1) is 6.92 Å². The van der Waals surface area contributed by atoms with Crippen LogP contribution in [-0.4, -0.2) is 0 Å². The van der Waals surface area contributed by atoms with E-state index < -0.39 is 0 Å². The van der Waals surface area contributed by atoms with Gasteiger partial charge in [0.05, 0.1) is 0 Å². The summed E-state index contributed by atoms with van der Waals surface area (Å²) < 4.78 is 11.3. The van der Waals surface area contributed by atoms with E-state index in [0.29, 0.717) is 23.0 Å². The van der Waals surface area contributed by atoms with E-state index in [4.69, 9.17) is 20.8 Å². The van der Waals surface area contributed by atoms with Gasteiger partial charge >= 0.3 is 5.63 Å². The smallest absolute Gasteiger partial charge is 0.336 e. The third kappa shape index (κ3) is 3.46. The van der Waals surface area contributed by atoms with E-state index in [-0.39, 0.29) is 5.63 Å². The first-order valence-corrected chi connectivity index (χ1v) is 8.40. The van der Waals surface area contributed by atoms with Crippen LogP contribution in [0.2, 0.25) is 5.02 Å². The van der Waals surface area contributed by atoms with Crippen LogP contribution in [0.5, 0.6) is 5.75 Å². The molecule has 124 valence electrons. The zero-order valence-electron chi connectivity index (χ0n) is 13.8. The summed E-state index contributed by atoms with van der Waals surface area (Å²) in [7, 11) is 0. The van der Waals surface area contributed by atoms with E-state index >= 15 is 0 Å². The average molecular weight is 343 g/mol. The first-order valence-electron chi connectivity index (χ1n) is 8.02. The Balaban J connectivity index is 1.95. The van der Waals surface area contributed by atoms with Crippen molar-refractivity contribution in [3.63, 3.8) is 0 Å². The van der Waals surface area contributed by atoms with Crippen LogP contribution in [-0.2, 0) is 13.0 Å². The van der Waals surface area contributed by atoms with Gasteiger partial charge in [0.15, 0.2) is 0 Å². The molecule has 1 aromatic heterocycles. The maximum atomic E-state index is 11.8. The molecule has 3 nitrogen and oxygen atoms in total. The van der Waals surface area contributed by atoms with Gasteiger partial charge < -0.3 is 9.15 Å². The van der Waals surface area contributed by atoms with Gasteiger partial charge in [0, 0.05) is 22.0 Å². The largest absolute Gasteiger partial charge is 0.488 e. The Bertz CT molecular complexity index is 928. The number of hydrogen-bond donors (Lipinski definition) is 0. The molecular weight excluding hydrogens is 324 g/mol. The Kier molecular flexibility index (Phi) is 4.91. The number of aryl methyl sites for hydroxylation is 2. The summed E-state index contributed by atoms with van der Waals surface area (Å²) in [5.74, 6) is 0.708. The molecule has 0 N–H and O–H groups in total. The van der Waals surface area contributed by atoms with E-state index in [1.54, 1.807) is 6.07 Å². The van der Waals surface area contributed by atoms with Crippen molar-refractivity contribution in [3.8, 4) is 5.75 Å². The highest BCUT2D eigenvalue weighted by atomic mass is 35.5. The second-order valence-electron chi connectivity index (χ2n) is 5.82.